The average Bonchev–Trinajstić information content (AvgIpc) is 3.38. The lowest BCUT2D eigenvalue weighted by molar-refractivity contribution is -0.143. The summed E-state index contributed by atoms with van der Waals surface area (Å²) in [5.41, 5.74) is -0.131. The van der Waals surface area contributed by atoms with Crippen molar-refractivity contribution in [3.8, 4) is 5.75 Å². The van der Waals surface area contributed by atoms with E-state index in [1.54, 1.807) is 34.8 Å². The van der Waals surface area contributed by atoms with Gasteiger partial charge in [0.2, 0.25) is 0 Å². The summed E-state index contributed by atoms with van der Waals surface area (Å²) < 4.78 is 16.5. The maximum Gasteiger partial charge on any atom is 0.415 e. The van der Waals surface area contributed by atoms with Gasteiger partial charge in [-0.2, -0.15) is 0 Å². The summed E-state index contributed by atoms with van der Waals surface area (Å²) in [7, 11) is 1.60. The molecule has 0 aromatic heterocycles. The minimum Gasteiger partial charge on any atom is -0.491 e. The third kappa shape index (κ3) is 4.48. The summed E-state index contributed by atoms with van der Waals surface area (Å²) in [5, 5.41) is 13.6. The number of benzene rings is 1. The maximum absolute atomic E-state index is 13.2. The Labute approximate surface area is 177 Å². The van der Waals surface area contributed by atoms with Crippen LogP contribution in [-0.4, -0.2) is 54.7 Å². The molecule has 30 heavy (non-hydrogen) atoms. The third-order valence-electron chi connectivity index (χ3n) is 5.35. The number of hydrogen-bond acceptors (Lipinski definition) is 6. The predicted octanol–water partition coefficient (Wildman–Crippen LogP) is 3.82. The van der Waals surface area contributed by atoms with Crippen LogP contribution in [0.1, 0.15) is 52.5 Å². The lowest BCUT2D eigenvalue weighted by Crippen LogP contribution is -2.56. The number of nitrogens with zero attached hydrogens (tertiary/aromatic N) is 1. The van der Waals surface area contributed by atoms with Crippen molar-refractivity contribution in [3.05, 3.63) is 17.7 Å². The van der Waals surface area contributed by atoms with Gasteiger partial charge < -0.3 is 24.6 Å². The second kappa shape index (κ2) is 8.34. The van der Waals surface area contributed by atoms with Crippen molar-refractivity contribution in [1.29, 1.82) is 0 Å². The summed E-state index contributed by atoms with van der Waals surface area (Å²) >= 11 is 0. The minimum atomic E-state index is -1.41. The summed E-state index contributed by atoms with van der Waals surface area (Å²) in [6, 6.07) is 3.96. The van der Waals surface area contributed by atoms with E-state index in [1.165, 1.54) is 4.90 Å². The number of aliphatic carboxylic acids is 1. The molecule has 3 rings (SSSR count). The van der Waals surface area contributed by atoms with E-state index < -0.39 is 23.2 Å². The van der Waals surface area contributed by atoms with Gasteiger partial charge in [0, 0.05) is 25.6 Å². The number of carbonyl (C=O) groups is 2. The number of fused-ring (bicyclic) bond motifs is 1. The van der Waals surface area contributed by atoms with Gasteiger partial charge in [-0.05, 0) is 51.7 Å². The highest BCUT2D eigenvalue weighted by Gasteiger charge is 2.54. The van der Waals surface area contributed by atoms with Crippen LogP contribution in [-0.2, 0) is 20.7 Å². The fraction of sp³-hybridized carbons (Fsp3) is 0.636. The molecule has 1 amide bonds. The second-order valence-electron chi connectivity index (χ2n) is 8.92. The van der Waals surface area contributed by atoms with Crippen molar-refractivity contribution < 1.29 is 28.9 Å². The van der Waals surface area contributed by atoms with Gasteiger partial charge in [0.25, 0.3) is 0 Å². The summed E-state index contributed by atoms with van der Waals surface area (Å²) in [4.78, 5) is 27.0. The first-order valence-corrected chi connectivity index (χ1v) is 10.4. The smallest absolute Gasteiger partial charge is 0.415 e. The van der Waals surface area contributed by atoms with E-state index >= 15 is 0 Å². The molecule has 1 aromatic carbocycles. The minimum absolute atomic E-state index is 0.189. The summed E-state index contributed by atoms with van der Waals surface area (Å²) in [6.07, 6.45) is 1.85. The van der Waals surface area contributed by atoms with E-state index in [0.717, 1.165) is 18.4 Å². The van der Waals surface area contributed by atoms with Crippen LogP contribution in [0.15, 0.2) is 12.1 Å². The van der Waals surface area contributed by atoms with Crippen LogP contribution in [0.5, 0.6) is 5.75 Å². The number of ether oxygens (including phenoxy) is 3. The highest BCUT2D eigenvalue weighted by molar-refractivity contribution is 6.05. The van der Waals surface area contributed by atoms with E-state index in [2.05, 4.69) is 5.32 Å². The Morgan fingerprint density at radius 1 is 1.27 bits per heavy atom. The standard InChI is InChI=1S/C22H32N2O6/c1-6-22(19(25)26)13-14-11-16(29-10-9-28-5)12-17(23-15-7-8-15)18(14)24(22)20(27)30-21(2,3)4/h11-12,15,23H,6-10,13H2,1-5H3,(H,25,26). The Kier molecular flexibility index (Phi) is 6.17. The van der Waals surface area contributed by atoms with Gasteiger partial charge in [0.1, 0.15) is 18.0 Å². The lowest BCUT2D eigenvalue weighted by Gasteiger charge is -2.36. The first-order chi connectivity index (χ1) is 14.1. The highest BCUT2D eigenvalue weighted by Crippen LogP contribution is 2.49. The van der Waals surface area contributed by atoms with Crippen LogP contribution in [0.3, 0.4) is 0 Å². The third-order valence-corrected chi connectivity index (χ3v) is 5.35. The van der Waals surface area contributed by atoms with Gasteiger partial charge >= 0.3 is 12.1 Å². The molecule has 166 valence electrons. The van der Waals surface area contributed by atoms with E-state index in [9.17, 15) is 14.7 Å². The van der Waals surface area contributed by atoms with Crippen molar-refractivity contribution in [1.82, 2.24) is 0 Å². The molecule has 2 N–H and O–H groups in total. The normalized spacial score (nSPS) is 20.6. The number of carboxylic acid groups (broad SMARTS) is 1. The molecule has 1 unspecified atom stereocenters. The molecule has 1 atom stereocenters. The van der Waals surface area contributed by atoms with Gasteiger partial charge in [-0.3, -0.25) is 4.90 Å². The zero-order valence-electron chi connectivity index (χ0n) is 18.4. The molecule has 0 spiro atoms. The highest BCUT2D eigenvalue weighted by atomic mass is 16.6. The molecular formula is C22H32N2O6. The predicted molar refractivity (Wildman–Crippen MR) is 114 cm³/mol. The number of methoxy groups -OCH3 is 1. The van der Waals surface area contributed by atoms with Crippen molar-refractivity contribution in [2.75, 3.05) is 30.5 Å². The van der Waals surface area contributed by atoms with Gasteiger partial charge in [-0.15, -0.1) is 0 Å². The van der Waals surface area contributed by atoms with Crippen molar-refractivity contribution in [2.24, 2.45) is 0 Å². The molecular weight excluding hydrogens is 388 g/mol. The lowest BCUT2D eigenvalue weighted by atomic mass is 9.91. The van der Waals surface area contributed by atoms with E-state index in [0.29, 0.717) is 36.4 Å². The quantitative estimate of drug-likeness (QED) is 0.617. The van der Waals surface area contributed by atoms with Crippen LogP contribution >= 0.6 is 0 Å². The van der Waals surface area contributed by atoms with E-state index in [-0.39, 0.29) is 12.8 Å². The molecule has 2 aliphatic rings. The van der Waals surface area contributed by atoms with Gasteiger partial charge in [0.05, 0.1) is 18.0 Å². The van der Waals surface area contributed by atoms with Crippen LogP contribution < -0.4 is 15.0 Å². The maximum atomic E-state index is 13.2. The number of carbonyl (C=O) groups excluding carboxylic acids is 1. The van der Waals surface area contributed by atoms with Crippen LogP contribution in [0.4, 0.5) is 16.2 Å². The Morgan fingerprint density at radius 2 is 1.97 bits per heavy atom. The Balaban J connectivity index is 2.08. The molecule has 1 aliphatic heterocycles. The molecule has 8 heteroatoms. The number of anilines is 2. The van der Waals surface area contributed by atoms with E-state index in [1.807, 2.05) is 12.1 Å². The Bertz CT molecular complexity index is 815. The largest absolute Gasteiger partial charge is 0.491 e. The zero-order chi connectivity index (χ0) is 22.1. The monoisotopic (exact) mass is 420 g/mol. The van der Waals surface area contributed by atoms with Crippen molar-refractivity contribution in [2.45, 2.75) is 70.6 Å². The van der Waals surface area contributed by atoms with Crippen molar-refractivity contribution >= 4 is 23.4 Å². The van der Waals surface area contributed by atoms with Gasteiger partial charge in [-0.1, -0.05) is 6.92 Å². The van der Waals surface area contributed by atoms with Crippen LogP contribution in [0, 0.1) is 0 Å². The van der Waals surface area contributed by atoms with Crippen LogP contribution in [0.25, 0.3) is 0 Å². The van der Waals surface area contributed by atoms with Crippen LogP contribution in [0.2, 0.25) is 0 Å². The molecule has 1 aromatic rings. The van der Waals surface area contributed by atoms with Gasteiger partial charge in [-0.25, -0.2) is 9.59 Å². The second-order valence-corrected chi connectivity index (χ2v) is 8.92. The molecule has 1 heterocycles. The summed E-state index contributed by atoms with van der Waals surface area (Å²) in [6.45, 7) is 7.92. The summed E-state index contributed by atoms with van der Waals surface area (Å²) in [5.74, 6) is -0.429. The van der Waals surface area contributed by atoms with Crippen molar-refractivity contribution in [3.63, 3.8) is 0 Å². The van der Waals surface area contributed by atoms with E-state index in [4.69, 9.17) is 14.2 Å². The number of carboxylic acids is 1. The Hall–Kier alpha value is -2.48. The number of rotatable bonds is 8. The molecule has 1 aliphatic carbocycles. The first kappa shape index (κ1) is 22.2. The fourth-order valence-electron chi connectivity index (χ4n) is 3.74. The zero-order valence-corrected chi connectivity index (χ0v) is 18.4. The molecule has 0 saturated heterocycles. The van der Waals surface area contributed by atoms with Gasteiger partial charge in [0.15, 0.2) is 5.54 Å². The molecule has 0 radical (unpaired) electrons. The first-order valence-electron chi connectivity index (χ1n) is 10.4. The molecule has 8 nitrogen and oxygen atoms in total. The number of amides is 1. The Morgan fingerprint density at radius 3 is 2.50 bits per heavy atom. The topological polar surface area (TPSA) is 97.3 Å². The molecule has 0 bridgehead atoms. The number of nitrogens with one attached hydrogen (secondary N) is 1. The SMILES string of the molecule is CCC1(C(=O)O)Cc2cc(OCCOC)cc(NC3CC3)c2N1C(=O)OC(C)(C)C. The fourth-order valence-corrected chi connectivity index (χ4v) is 3.74. The average molecular weight is 421 g/mol. The molecule has 1 saturated carbocycles. The molecule has 1 fully saturated rings. The number of hydrogen-bond donors (Lipinski definition) is 2.